The van der Waals surface area contributed by atoms with Crippen molar-refractivity contribution < 1.29 is 0 Å². The summed E-state index contributed by atoms with van der Waals surface area (Å²) in [5.41, 5.74) is 1.42. The lowest BCUT2D eigenvalue weighted by molar-refractivity contribution is 0.424. The molecule has 1 atom stereocenters. The van der Waals surface area contributed by atoms with E-state index in [1.807, 2.05) is 67.6 Å². The van der Waals surface area contributed by atoms with Gasteiger partial charge in [-0.3, -0.25) is 5.32 Å². The molecule has 0 radical (unpaired) electrons. The molecule has 0 saturated heterocycles. The Bertz CT molecular complexity index is 610. The van der Waals surface area contributed by atoms with E-state index < -0.39 is 5.54 Å². The predicted octanol–water partition coefficient (Wildman–Crippen LogP) is 3.32. The van der Waals surface area contributed by atoms with Crippen molar-refractivity contribution in [2.45, 2.75) is 18.4 Å². The number of hydrogen-bond donors (Lipinski definition) is 1. The van der Waals surface area contributed by atoms with E-state index in [9.17, 15) is 5.26 Å². The highest BCUT2D eigenvalue weighted by Crippen LogP contribution is 2.34. The monoisotopic (exact) mass is 274 g/mol. The van der Waals surface area contributed by atoms with Gasteiger partial charge in [0.05, 0.1) is 12.6 Å². The normalized spacial score (nSPS) is 13.1. The Morgan fingerprint density at radius 1 is 1.05 bits per heavy atom. The molecular weight excluding hydrogens is 256 g/mol. The molecule has 0 bridgehead atoms. The molecular formula is C19H18N2. The molecule has 1 N–H and O–H groups in total. The van der Waals surface area contributed by atoms with Crippen LogP contribution in [0.4, 0.5) is 0 Å². The minimum atomic E-state index is -0.769. The summed E-state index contributed by atoms with van der Waals surface area (Å²) in [5, 5.41) is 12.9. The van der Waals surface area contributed by atoms with Crippen LogP contribution in [0.2, 0.25) is 0 Å². The Balaban J connectivity index is 2.51. The molecule has 2 aromatic carbocycles. The zero-order valence-electron chi connectivity index (χ0n) is 12.1. The summed E-state index contributed by atoms with van der Waals surface area (Å²) < 4.78 is 0. The van der Waals surface area contributed by atoms with Gasteiger partial charge >= 0.3 is 0 Å². The Labute approximate surface area is 126 Å². The average molecular weight is 274 g/mol. The van der Waals surface area contributed by atoms with Crippen LogP contribution in [0, 0.1) is 23.7 Å². The molecule has 0 amide bonds. The van der Waals surface area contributed by atoms with Crippen molar-refractivity contribution in [2.24, 2.45) is 0 Å². The van der Waals surface area contributed by atoms with E-state index in [4.69, 9.17) is 6.42 Å². The lowest BCUT2D eigenvalue weighted by Crippen LogP contribution is -2.47. The summed E-state index contributed by atoms with van der Waals surface area (Å²) in [6.07, 6.45) is 5.35. The number of nitrogens with one attached hydrogen (secondary N) is 1. The second-order valence-corrected chi connectivity index (χ2v) is 5.13. The van der Waals surface area contributed by atoms with Crippen molar-refractivity contribution in [3.05, 3.63) is 71.8 Å². The minimum Gasteiger partial charge on any atom is -0.288 e. The summed E-state index contributed by atoms with van der Waals surface area (Å²) in [7, 11) is 0. The van der Waals surface area contributed by atoms with Crippen molar-refractivity contribution >= 4 is 0 Å². The molecule has 0 aliphatic rings. The van der Waals surface area contributed by atoms with Gasteiger partial charge in [-0.15, -0.1) is 6.42 Å². The minimum absolute atomic E-state index is 0.0850. The molecule has 0 aliphatic carbocycles. The predicted molar refractivity (Wildman–Crippen MR) is 85.6 cm³/mol. The summed E-state index contributed by atoms with van der Waals surface area (Å²) in [5.74, 6) is 2.47. The van der Waals surface area contributed by atoms with E-state index in [2.05, 4.69) is 17.3 Å². The van der Waals surface area contributed by atoms with Crippen LogP contribution in [0.1, 0.15) is 24.0 Å². The van der Waals surface area contributed by atoms with Crippen molar-refractivity contribution in [3.8, 4) is 18.4 Å². The highest BCUT2D eigenvalue weighted by molar-refractivity contribution is 5.39. The van der Waals surface area contributed by atoms with Gasteiger partial charge in [-0.05, 0) is 18.1 Å². The maximum atomic E-state index is 9.72. The third-order valence-electron chi connectivity index (χ3n) is 3.63. The largest absolute Gasteiger partial charge is 0.288 e. The molecule has 21 heavy (non-hydrogen) atoms. The molecule has 2 rings (SSSR count). The molecule has 104 valence electrons. The Kier molecular flexibility index (Phi) is 4.77. The quantitative estimate of drug-likeness (QED) is 0.849. The van der Waals surface area contributed by atoms with Gasteiger partial charge in [-0.2, -0.15) is 5.26 Å². The maximum Gasteiger partial charge on any atom is 0.115 e. The van der Waals surface area contributed by atoms with Crippen LogP contribution in [-0.4, -0.2) is 12.1 Å². The zero-order valence-corrected chi connectivity index (χ0v) is 12.1. The Morgan fingerprint density at radius 2 is 1.52 bits per heavy atom. The van der Waals surface area contributed by atoms with Crippen LogP contribution in [0.5, 0.6) is 0 Å². The SMILES string of the molecule is C#CCNC(C)(C#N)C(c1ccccc1)c1ccccc1. The molecule has 0 heterocycles. The third kappa shape index (κ3) is 3.31. The molecule has 0 spiro atoms. The van der Waals surface area contributed by atoms with E-state index in [0.717, 1.165) is 11.1 Å². The molecule has 1 unspecified atom stereocenters. The van der Waals surface area contributed by atoms with Crippen molar-refractivity contribution in [2.75, 3.05) is 6.54 Å². The first kappa shape index (κ1) is 14.9. The van der Waals surface area contributed by atoms with Gasteiger partial charge in [0.15, 0.2) is 0 Å². The summed E-state index contributed by atoms with van der Waals surface area (Å²) in [6, 6.07) is 22.5. The average Bonchev–Trinajstić information content (AvgIpc) is 2.55. The van der Waals surface area contributed by atoms with Crippen LogP contribution in [-0.2, 0) is 0 Å². The van der Waals surface area contributed by atoms with Gasteiger partial charge in [-0.25, -0.2) is 0 Å². The van der Waals surface area contributed by atoms with Gasteiger partial charge in [0.1, 0.15) is 5.54 Å². The van der Waals surface area contributed by atoms with E-state index >= 15 is 0 Å². The van der Waals surface area contributed by atoms with Gasteiger partial charge in [-0.1, -0.05) is 66.6 Å². The Hall–Kier alpha value is -2.55. The van der Waals surface area contributed by atoms with Crippen LogP contribution in [0.3, 0.4) is 0 Å². The summed E-state index contributed by atoms with van der Waals surface area (Å²) >= 11 is 0. The maximum absolute atomic E-state index is 9.72. The highest BCUT2D eigenvalue weighted by Gasteiger charge is 2.36. The molecule has 0 aromatic heterocycles. The first-order valence-electron chi connectivity index (χ1n) is 6.91. The number of nitrogens with zero attached hydrogens (tertiary/aromatic N) is 1. The van der Waals surface area contributed by atoms with Crippen molar-refractivity contribution in [1.29, 1.82) is 5.26 Å². The fourth-order valence-corrected chi connectivity index (χ4v) is 2.59. The first-order valence-corrected chi connectivity index (χ1v) is 6.91. The fraction of sp³-hybridized carbons (Fsp3) is 0.211. The highest BCUT2D eigenvalue weighted by atomic mass is 15.0. The van der Waals surface area contributed by atoms with Crippen LogP contribution < -0.4 is 5.32 Å². The van der Waals surface area contributed by atoms with Gasteiger partial charge in [0.2, 0.25) is 0 Å². The first-order chi connectivity index (χ1) is 10.2. The number of rotatable bonds is 5. The topological polar surface area (TPSA) is 35.8 Å². The third-order valence-corrected chi connectivity index (χ3v) is 3.63. The van der Waals surface area contributed by atoms with E-state index in [-0.39, 0.29) is 5.92 Å². The lowest BCUT2D eigenvalue weighted by atomic mass is 9.77. The van der Waals surface area contributed by atoms with Crippen LogP contribution in [0.15, 0.2) is 60.7 Å². The summed E-state index contributed by atoms with van der Waals surface area (Å²) in [6.45, 7) is 2.26. The molecule has 0 fully saturated rings. The number of terminal acetylenes is 1. The van der Waals surface area contributed by atoms with Crippen molar-refractivity contribution in [3.63, 3.8) is 0 Å². The smallest absolute Gasteiger partial charge is 0.115 e. The summed E-state index contributed by atoms with van der Waals surface area (Å²) in [4.78, 5) is 0. The molecule has 0 aliphatic heterocycles. The second kappa shape index (κ2) is 6.75. The zero-order chi connectivity index (χ0) is 15.1. The number of benzene rings is 2. The lowest BCUT2D eigenvalue weighted by Gasteiger charge is -2.33. The Morgan fingerprint density at radius 3 is 1.90 bits per heavy atom. The number of hydrogen-bond acceptors (Lipinski definition) is 2. The van der Waals surface area contributed by atoms with Gasteiger partial charge < -0.3 is 0 Å². The van der Waals surface area contributed by atoms with Gasteiger partial charge in [0, 0.05) is 5.92 Å². The van der Waals surface area contributed by atoms with Crippen LogP contribution in [0.25, 0.3) is 0 Å². The molecule has 2 heteroatoms. The van der Waals surface area contributed by atoms with E-state index in [1.54, 1.807) is 0 Å². The number of nitriles is 1. The van der Waals surface area contributed by atoms with E-state index in [0.29, 0.717) is 6.54 Å². The van der Waals surface area contributed by atoms with Crippen LogP contribution >= 0.6 is 0 Å². The molecule has 2 nitrogen and oxygen atoms in total. The molecule has 2 aromatic rings. The van der Waals surface area contributed by atoms with E-state index in [1.165, 1.54) is 0 Å². The fourth-order valence-electron chi connectivity index (χ4n) is 2.59. The standard InChI is InChI=1S/C19H18N2/c1-3-14-21-19(2,15-20)18(16-10-6-4-7-11-16)17-12-8-5-9-13-17/h1,4-13,18,21H,14H2,2H3. The molecule has 0 saturated carbocycles. The second-order valence-electron chi connectivity index (χ2n) is 5.13. The van der Waals surface area contributed by atoms with Gasteiger partial charge in [0.25, 0.3) is 0 Å². The van der Waals surface area contributed by atoms with Crippen molar-refractivity contribution in [1.82, 2.24) is 5.32 Å².